The number of benzene rings is 2. The van der Waals surface area contributed by atoms with Crippen LogP contribution < -0.4 is 25.7 Å². The van der Waals surface area contributed by atoms with Crippen LogP contribution in [0.3, 0.4) is 0 Å². The van der Waals surface area contributed by atoms with Gasteiger partial charge in [-0.2, -0.15) is 0 Å². The molecule has 3 aliphatic heterocycles. The van der Waals surface area contributed by atoms with Gasteiger partial charge in [0, 0.05) is 55.9 Å². The van der Waals surface area contributed by atoms with Gasteiger partial charge in [0.1, 0.15) is 28.8 Å². The molecule has 48 heavy (non-hydrogen) atoms. The van der Waals surface area contributed by atoms with Crippen molar-refractivity contribution in [3.8, 4) is 22.6 Å². The lowest BCUT2D eigenvalue weighted by atomic mass is 10.00. The second-order valence-electron chi connectivity index (χ2n) is 11.8. The minimum Gasteiger partial charge on any atom is -0.488 e. The van der Waals surface area contributed by atoms with Crippen molar-refractivity contribution in [1.82, 2.24) is 29.9 Å². The molecule has 0 saturated carbocycles. The Kier molecular flexibility index (Phi) is 8.28. The third kappa shape index (κ3) is 6.32. The molecule has 12 nitrogen and oxygen atoms in total. The molecule has 0 unspecified atom stereocenters. The molecule has 2 atom stereocenters. The number of hydrogen-bond acceptors (Lipinski definition) is 8. The molecule has 3 aromatic heterocycles. The predicted octanol–water partition coefficient (Wildman–Crippen LogP) is 3.17. The zero-order chi connectivity index (χ0) is 33.2. The third-order valence-corrected chi connectivity index (χ3v) is 8.55. The second kappa shape index (κ2) is 13.0. The lowest BCUT2D eigenvalue weighted by molar-refractivity contribution is -0.123. The number of fused-ring (bicyclic) bond motifs is 8. The fourth-order valence-electron chi connectivity index (χ4n) is 5.99. The monoisotopic (exact) mass is 644 g/mol. The van der Waals surface area contributed by atoms with Gasteiger partial charge in [0.05, 0.1) is 11.6 Å². The quantitative estimate of drug-likeness (QED) is 0.283. The van der Waals surface area contributed by atoms with Crippen molar-refractivity contribution in [2.75, 3.05) is 19.7 Å². The molecule has 6 bridgehead atoms. The molecule has 2 aromatic carbocycles. The van der Waals surface area contributed by atoms with Crippen LogP contribution in [0.15, 0.2) is 96.2 Å². The largest absolute Gasteiger partial charge is 0.488 e. The van der Waals surface area contributed by atoms with E-state index in [4.69, 9.17) is 9.47 Å². The number of carbonyl (C=O) groups excluding carboxylic acids is 3. The topological polar surface area (TPSA) is 144 Å². The molecule has 0 aliphatic carbocycles. The number of piperidine rings is 1. The van der Waals surface area contributed by atoms with E-state index in [1.807, 2.05) is 18.2 Å². The van der Waals surface area contributed by atoms with Gasteiger partial charge in [-0.3, -0.25) is 28.6 Å². The van der Waals surface area contributed by atoms with Crippen LogP contribution in [-0.4, -0.2) is 68.8 Å². The van der Waals surface area contributed by atoms with Crippen LogP contribution in [0.25, 0.3) is 16.8 Å². The van der Waals surface area contributed by atoms with E-state index >= 15 is 0 Å². The fraction of sp³-hybridized carbons (Fsp3) is 0.222. The molecule has 0 spiro atoms. The summed E-state index contributed by atoms with van der Waals surface area (Å²) in [6.07, 6.45) is 4.33. The van der Waals surface area contributed by atoms with Crippen LogP contribution in [0, 0.1) is 6.92 Å². The average molecular weight is 645 g/mol. The Hall–Kier alpha value is -6.04. The summed E-state index contributed by atoms with van der Waals surface area (Å²) in [5.74, 6) is -0.0615. The Morgan fingerprint density at radius 3 is 2.56 bits per heavy atom. The summed E-state index contributed by atoms with van der Waals surface area (Å²) in [7, 11) is 0. The number of aryl methyl sites for hydroxylation is 1. The number of hydrogen-bond donors (Lipinski definition) is 2. The average Bonchev–Trinajstić information content (AvgIpc) is 3.11. The maximum Gasteiger partial charge on any atom is 0.270 e. The van der Waals surface area contributed by atoms with Gasteiger partial charge in [0.15, 0.2) is 6.61 Å². The molecule has 2 N–H and O–H groups in total. The molecule has 5 aromatic rings. The lowest BCUT2D eigenvalue weighted by Gasteiger charge is -2.38. The SMILES string of the molecule is Cc1cccc2ncc(C(=O)N3CC[C@@H]4Oc5ccc(cc5)CNC(=O)COc5cccc(c5)-c5cncc(c5)C(=O)N[C@@H]4C3)c(=O)n12. The highest BCUT2D eigenvalue weighted by molar-refractivity contribution is 5.96. The second-order valence-corrected chi connectivity index (χ2v) is 11.8. The maximum absolute atomic E-state index is 13.8. The van der Waals surface area contributed by atoms with Gasteiger partial charge >= 0.3 is 0 Å². The molecule has 1 saturated heterocycles. The Labute approximate surface area is 275 Å². The summed E-state index contributed by atoms with van der Waals surface area (Å²) in [4.78, 5) is 63.6. The Morgan fingerprint density at radius 1 is 0.896 bits per heavy atom. The maximum atomic E-state index is 13.8. The number of likely N-dealkylation sites (tertiary alicyclic amines) is 1. The summed E-state index contributed by atoms with van der Waals surface area (Å²) in [6.45, 7) is 2.33. The van der Waals surface area contributed by atoms with Crippen LogP contribution in [0.5, 0.6) is 11.5 Å². The van der Waals surface area contributed by atoms with Crippen LogP contribution in [0.1, 0.15) is 38.4 Å². The van der Waals surface area contributed by atoms with Crippen LogP contribution >= 0.6 is 0 Å². The van der Waals surface area contributed by atoms with Crippen LogP contribution in [0.2, 0.25) is 0 Å². The van der Waals surface area contributed by atoms with Crippen molar-refractivity contribution >= 4 is 23.4 Å². The van der Waals surface area contributed by atoms with E-state index in [1.54, 1.807) is 72.6 Å². The van der Waals surface area contributed by atoms with Gasteiger partial charge in [-0.1, -0.05) is 30.3 Å². The fourth-order valence-corrected chi connectivity index (χ4v) is 5.99. The molecule has 242 valence electrons. The van der Waals surface area contributed by atoms with Crippen molar-refractivity contribution in [2.45, 2.75) is 32.0 Å². The zero-order valence-electron chi connectivity index (χ0n) is 26.1. The molecule has 0 radical (unpaired) electrons. The van der Waals surface area contributed by atoms with Crippen molar-refractivity contribution in [3.05, 3.63) is 124 Å². The van der Waals surface area contributed by atoms with E-state index < -0.39 is 29.5 Å². The molecule has 12 heteroatoms. The van der Waals surface area contributed by atoms with E-state index in [1.165, 1.54) is 16.8 Å². The summed E-state index contributed by atoms with van der Waals surface area (Å²) >= 11 is 0. The van der Waals surface area contributed by atoms with Gasteiger partial charge in [0.2, 0.25) is 0 Å². The summed E-state index contributed by atoms with van der Waals surface area (Å²) in [6, 6.07) is 20.9. The van der Waals surface area contributed by atoms with Gasteiger partial charge < -0.3 is 25.0 Å². The first-order valence-corrected chi connectivity index (χ1v) is 15.6. The number of nitrogens with zero attached hydrogens (tertiary/aromatic N) is 4. The smallest absolute Gasteiger partial charge is 0.270 e. The van der Waals surface area contributed by atoms with E-state index in [0.29, 0.717) is 53.5 Å². The first kappa shape index (κ1) is 30.6. The first-order valence-electron chi connectivity index (χ1n) is 15.6. The molecule has 3 amide bonds. The van der Waals surface area contributed by atoms with Crippen LogP contribution in [0.4, 0.5) is 0 Å². The molecule has 6 heterocycles. The van der Waals surface area contributed by atoms with Crippen molar-refractivity contribution in [2.24, 2.45) is 0 Å². The minimum atomic E-state index is -0.627. The molecular formula is C36H32N6O6. The van der Waals surface area contributed by atoms with Crippen LogP contribution in [-0.2, 0) is 11.3 Å². The Morgan fingerprint density at radius 2 is 1.71 bits per heavy atom. The minimum absolute atomic E-state index is 0.0507. The third-order valence-electron chi connectivity index (χ3n) is 8.55. The van der Waals surface area contributed by atoms with Gasteiger partial charge in [-0.15, -0.1) is 0 Å². The van der Waals surface area contributed by atoms with Crippen molar-refractivity contribution < 1.29 is 23.9 Å². The number of pyridine rings is 2. The first-order chi connectivity index (χ1) is 23.3. The standard InChI is InChI=1S/C36H32N6O6/c1-22-4-2-7-32-38-19-29(36(46)42(22)32)35(45)41-13-12-31-30(20-41)40-34(44)26-14-25(17-37-18-26)24-5-3-6-28(15-24)47-21-33(43)39-16-23-8-10-27(48-31)11-9-23/h2-11,14-15,17-19,30-31H,12-13,16,20-21H2,1H3,(H,39,43)(H,40,44)/t30-,31+/m1/s1. The van der Waals surface area contributed by atoms with Crippen molar-refractivity contribution in [1.29, 1.82) is 0 Å². The molecule has 8 rings (SSSR count). The van der Waals surface area contributed by atoms with E-state index in [-0.39, 0.29) is 24.6 Å². The van der Waals surface area contributed by atoms with E-state index in [9.17, 15) is 19.2 Å². The highest BCUT2D eigenvalue weighted by atomic mass is 16.5. The van der Waals surface area contributed by atoms with E-state index in [2.05, 4.69) is 20.6 Å². The Balaban J connectivity index is 1.20. The number of aromatic nitrogens is 3. The highest BCUT2D eigenvalue weighted by Gasteiger charge is 2.35. The molecule has 1 fully saturated rings. The van der Waals surface area contributed by atoms with Gasteiger partial charge in [-0.25, -0.2) is 4.98 Å². The summed E-state index contributed by atoms with van der Waals surface area (Å²) in [5.41, 5.74) is 3.23. The van der Waals surface area contributed by atoms with Gasteiger partial charge in [-0.05, 0) is 60.5 Å². The normalized spacial score (nSPS) is 18.1. The molecule has 3 aliphatic rings. The zero-order valence-corrected chi connectivity index (χ0v) is 26.1. The number of rotatable bonds is 1. The number of nitrogens with one attached hydrogen (secondary N) is 2. The number of ether oxygens (including phenoxy) is 2. The predicted molar refractivity (Wildman–Crippen MR) is 176 cm³/mol. The number of amides is 3. The van der Waals surface area contributed by atoms with Gasteiger partial charge in [0.25, 0.3) is 23.3 Å². The number of carbonyl (C=O) groups is 3. The summed E-state index contributed by atoms with van der Waals surface area (Å²) < 4.78 is 13.5. The molecular weight excluding hydrogens is 612 g/mol. The van der Waals surface area contributed by atoms with E-state index in [0.717, 1.165) is 11.1 Å². The van der Waals surface area contributed by atoms with Crippen molar-refractivity contribution in [3.63, 3.8) is 0 Å². The Bertz CT molecular complexity index is 2100. The summed E-state index contributed by atoms with van der Waals surface area (Å²) in [5, 5.41) is 5.94. The highest BCUT2D eigenvalue weighted by Crippen LogP contribution is 2.25. The lowest BCUT2D eigenvalue weighted by Crippen LogP contribution is -2.58.